The zero-order valence-corrected chi connectivity index (χ0v) is 21.6. The van der Waals surface area contributed by atoms with Crippen molar-refractivity contribution in [3.8, 4) is 5.75 Å². The quantitative estimate of drug-likeness (QED) is 0.509. The van der Waals surface area contributed by atoms with Crippen molar-refractivity contribution in [2.75, 3.05) is 76.0 Å². The first-order chi connectivity index (χ1) is 18.7. The van der Waals surface area contributed by atoms with Gasteiger partial charge >= 0.3 is 0 Å². The summed E-state index contributed by atoms with van der Waals surface area (Å²) in [6.07, 6.45) is 3.27. The summed E-state index contributed by atoms with van der Waals surface area (Å²) in [5.74, 6) is 0.997. The standard InChI is InChI=1S/C29H34N4O5/c34-28(22-7-10-30-27(21-22)33-11-8-29(9-12-33)37-19-20-38-29)31-25-5-6-26(24-4-2-1-3-23(24)25)36-18-15-32-13-16-35-17-14-32/h1-7,10,21H,8-9,11-20H2,(H,31,34). The summed E-state index contributed by atoms with van der Waals surface area (Å²) in [5, 5.41) is 5.02. The second-order valence-corrected chi connectivity index (χ2v) is 9.91. The molecule has 4 heterocycles. The number of hydrogen-bond donors (Lipinski definition) is 1. The maximum absolute atomic E-state index is 13.3. The minimum atomic E-state index is -0.440. The SMILES string of the molecule is O=C(Nc1ccc(OCCN2CCOCC2)c2ccccc12)c1ccnc(N2CCC3(CC2)OCCO3)c1. The van der Waals surface area contributed by atoms with Gasteiger partial charge in [-0.3, -0.25) is 9.69 Å². The Hall–Kier alpha value is -3.24. The largest absolute Gasteiger partial charge is 0.492 e. The molecule has 3 fully saturated rings. The lowest BCUT2D eigenvalue weighted by Crippen LogP contribution is -2.45. The van der Waals surface area contributed by atoms with Crippen molar-refractivity contribution in [2.24, 2.45) is 0 Å². The fourth-order valence-electron chi connectivity index (χ4n) is 5.41. The van der Waals surface area contributed by atoms with Gasteiger partial charge in [-0.2, -0.15) is 0 Å². The van der Waals surface area contributed by atoms with Crippen molar-refractivity contribution in [1.29, 1.82) is 0 Å². The molecule has 0 aliphatic carbocycles. The van der Waals surface area contributed by atoms with Gasteiger partial charge in [0.15, 0.2) is 5.79 Å². The molecule has 3 aliphatic heterocycles. The maximum Gasteiger partial charge on any atom is 0.255 e. The Bertz CT molecular complexity index is 1260. The van der Waals surface area contributed by atoms with Crippen LogP contribution in [0.2, 0.25) is 0 Å². The molecule has 6 rings (SSSR count). The molecule has 3 aromatic rings. The number of nitrogens with one attached hydrogen (secondary N) is 1. The van der Waals surface area contributed by atoms with E-state index in [4.69, 9.17) is 18.9 Å². The number of carbonyl (C=O) groups excluding carboxylic acids is 1. The van der Waals surface area contributed by atoms with E-state index in [2.05, 4.69) is 20.1 Å². The monoisotopic (exact) mass is 518 g/mol. The van der Waals surface area contributed by atoms with Gasteiger partial charge in [0, 0.05) is 73.8 Å². The second-order valence-electron chi connectivity index (χ2n) is 9.91. The molecule has 2 aromatic carbocycles. The molecule has 3 saturated heterocycles. The van der Waals surface area contributed by atoms with Gasteiger partial charge in [-0.25, -0.2) is 4.98 Å². The number of fused-ring (bicyclic) bond motifs is 1. The Morgan fingerprint density at radius 1 is 0.947 bits per heavy atom. The topological polar surface area (TPSA) is 85.4 Å². The Kier molecular flexibility index (Phi) is 7.42. The van der Waals surface area contributed by atoms with Gasteiger partial charge in [0.2, 0.25) is 0 Å². The fourth-order valence-corrected chi connectivity index (χ4v) is 5.41. The van der Waals surface area contributed by atoms with Crippen molar-refractivity contribution in [2.45, 2.75) is 18.6 Å². The van der Waals surface area contributed by atoms with Crippen LogP contribution >= 0.6 is 0 Å². The summed E-state index contributed by atoms with van der Waals surface area (Å²) in [4.78, 5) is 22.3. The molecule has 9 nitrogen and oxygen atoms in total. The molecule has 1 N–H and O–H groups in total. The number of rotatable bonds is 7. The van der Waals surface area contributed by atoms with Crippen molar-refractivity contribution in [1.82, 2.24) is 9.88 Å². The molecular weight excluding hydrogens is 484 g/mol. The fraction of sp³-hybridized carbons (Fsp3) is 0.448. The molecular formula is C29H34N4O5. The molecule has 1 amide bonds. The molecule has 9 heteroatoms. The first kappa shape index (κ1) is 25.1. The molecule has 0 bridgehead atoms. The third-order valence-corrected chi connectivity index (χ3v) is 7.57. The van der Waals surface area contributed by atoms with Crippen LogP contribution in [0.4, 0.5) is 11.5 Å². The Balaban J connectivity index is 1.12. The summed E-state index contributed by atoms with van der Waals surface area (Å²) in [6, 6.07) is 15.5. The summed E-state index contributed by atoms with van der Waals surface area (Å²) < 4.78 is 23.3. The van der Waals surface area contributed by atoms with Crippen molar-refractivity contribution >= 4 is 28.2 Å². The van der Waals surface area contributed by atoms with E-state index in [9.17, 15) is 4.79 Å². The molecule has 0 radical (unpaired) electrons. The minimum Gasteiger partial charge on any atom is -0.492 e. The van der Waals surface area contributed by atoms with Crippen LogP contribution in [0.15, 0.2) is 54.7 Å². The van der Waals surface area contributed by atoms with Crippen LogP contribution in [-0.2, 0) is 14.2 Å². The van der Waals surface area contributed by atoms with Crippen molar-refractivity contribution in [3.05, 3.63) is 60.3 Å². The molecule has 1 spiro atoms. The maximum atomic E-state index is 13.3. The van der Waals surface area contributed by atoms with Crippen LogP contribution < -0.4 is 15.0 Å². The number of anilines is 2. The van der Waals surface area contributed by atoms with Gasteiger partial charge in [0.05, 0.1) is 26.4 Å². The highest BCUT2D eigenvalue weighted by molar-refractivity contribution is 6.10. The average Bonchev–Trinajstić information content (AvgIpc) is 3.43. The average molecular weight is 519 g/mol. The number of ether oxygens (including phenoxy) is 4. The van der Waals surface area contributed by atoms with Crippen LogP contribution in [0.3, 0.4) is 0 Å². The van der Waals surface area contributed by atoms with Gasteiger partial charge < -0.3 is 29.2 Å². The number of nitrogens with zero attached hydrogens (tertiary/aromatic N) is 3. The van der Waals surface area contributed by atoms with E-state index in [0.717, 1.165) is 86.8 Å². The number of amides is 1. The van der Waals surface area contributed by atoms with Gasteiger partial charge in [0.1, 0.15) is 18.2 Å². The molecule has 0 saturated carbocycles. The van der Waals surface area contributed by atoms with E-state index in [-0.39, 0.29) is 5.91 Å². The van der Waals surface area contributed by atoms with E-state index in [0.29, 0.717) is 25.4 Å². The van der Waals surface area contributed by atoms with Gasteiger partial charge in [-0.05, 0) is 24.3 Å². The lowest BCUT2D eigenvalue weighted by Gasteiger charge is -2.38. The third kappa shape index (κ3) is 5.47. The second kappa shape index (κ2) is 11.2. The highest BCUT2D eigenvalue weighted by atomic mass is 16.7. The van der Waals surface area contributed by atoms with Gasteiger partial charge in [-0.1, -0.05) is 24.3 Å². The number of piperidine rings is 1. The smallest absolute Gasteiger partial charge is 0.255 e. The highest BCUT2D eigenvalue weighted by Crippen LogP contribution is 2.34. The minimum absolute atomic E-state index is 0.171. The molecule has 3 aliphatic rings. The zero-order chi connectivity index (χ0) is 25.8. The predicted molar refractivity (Wildman–Crippen MR) is 145 cm³/mol. The van der Waals surface area contributed by atoms with E-state index >= 15 is 0 Å². The molecule has 200 valence electrons. The van der Waals surface area contributed by atoms with Crippen molar-refractivity contribution < 1.29 is 23.7 Å². The molecule has 0 unspecified atom stereocenters. The number of benzene rings is 2. The van der Waals surface area contributed by atoms with E-state index in [1.807, 2.05) is 42.5 Å². The van der Waals surface area contributed by atoms with E-state index in [1.54, 1.807) is 12.3 Å². The number of carbonyl (C=O) groups is 1. The molecule has 0 atom stereocenters. The Morgan fingerprint density at radius 2 is 1.71 bits per heavy atom. The molecule has 1 aromatic heterocycles. The first-order valence-electron chi connectivity index (χ1n) is 13.4. The van der Waals surface area contributed by atoms with Crippen LogP contribution in [0.1, 0.15) is 23.2 Å². The third-order valence-electron chi connectivity index (χ3n) is 7.57. The summed E-state index contributed by atoms with van der Waals surface area (Å²) in [5.41, 5.74) is 1.32. The number of pyridine rings is 1. The lowest BCUT2D eigenvalue weighted by molar-refractivity contribution is -0.169. The van der Waals surface area contributed by atoms with E-state index in [1.165, 1.54) is 0 Å². The predicted octanol–water partition coefficient (Wildman–Crippen LogP) is 3.54. The normalized spacial score (nSPS) is 19.6. The number of hydrogen-bond acceptors (Lipinski definition) is 8. The summed E-state index contributed by atoms with van der Waals surface area (Å²) in [6.45, 7) is 7.75. The Labute approximate surface area is 222 Å². The Morgan fingerprint density at radius 3 is 2.50 bits per heavy atom. The van der Waals surface area contributed by atoms with Crippen LogP contribution in [0, 0.1) is 0 Å². The molecule has 38 heavy (non-hydrogen) atoms. The summed E-state index contributed by atoms with van der Waals surface area (Å²) in [7, 11) is 0. The first-order valence-corrected chi connectivity index (χ1v) is 13.4. The highest BCUT2D eigenvalue weighted by Gasteiger charge is 2.40. The summed E-state index contributed by atoms with van der Waals surface area (Å²) >= 11 is 0. The van der Waals surface area contributed by atoms with Crippen molar-refractivity contribution in [3.63, 3.8) is 0 Å². The van der Waals surface area contributed by atoms with Crippen LogP contribution in [0.25, 0.3) is 10.8 Å². The van der Waals surface area contributed by atoms with Gasteiger partial charge in [0.25, 0.3) is 5.91 Å². The van der Waals surface area contributed by atoms with Gasteiger partial charge in [-0.15, -0.1) is 0 Å². The van der Waals surface area contributed by atoms with E-state index < -0.39 is 5.79 Å². The van der Waals surface area contributed by atoms with Crippen LogP contribution in [0.5, 0.6) is 5.75 Å². The lowest BCUT2D eigenvalue weighted by atomic mass is 10.0. The number of morpholine rings is 1. The zero-order valence-electron chi connectivity index (χ0n) is 21.6. The van der Waals surface area contributed by atoms with Crippen LogP contribution in [-0.4, -0.2) is 87.3 Å². The number of aromatic nitrogens is 1.